The van der Waals surface area contributed by atoms with Crippen molar-refractivity contribution in [3.63, 3.8) is 0 Å². The van der Waals surface area contributed by atoms with Crippen LogP contribution in [0.4, 0.5) is 0 Å². The molecule has 0 N–H and O–H groups in total. The quantitative estimate of drug-likeness (QED) is 0.476. The van der Waals surface area contributed by atoms with Gasteiger partial charge < -0.3 is 4.40 Å². The molecule has 4 rings (SSSR count). The Morgan fingerprint density at radius 1 is 0.900 bits per heavy atom. The van der Waals surface area contributed by atoms with Crippen LogP contribution in [0.2, 0.25) is 0 Å². The third-order valence-corrected chi connectivity index (χ3v) is 4.00. The second-order valence-corrected chi connectivity index (χ2v) is 5.11. The summed E-state index contributed by atoms with van der Waals surface area (Å²) in [4.78, 5) is 0. The summed E-state index contributed by atoms with van der Waals surface area (Å²) < 4.78 is 2.34. The molecule has 0 radical (unpaired) electrons. The van der Waals surface area contributed by atoms with Crippen LogP contribution in [0, 0.1) is 0 Å². The number of benzene rings is 2. The molecule has 0 bridgehead atoms. The molecule has 20 heavy (non-hydrogen) atoms. The molecule has 96 valence electrons. The van der Waals surface area contributed by atoms with Gasteiger partial charge in [-0.05, 0) is 19.1 Å². The van der Waals surface area contributed by atoms with Crippen molar-refractivity contribution < 1.29 is 0 Å². The summed E-state index contributed by atoms with van der Waals surface area (Å²) in [6, 6.07) is 17.0. The molecule has 0 aliphatic rings. The molecule has 0 atom stereocenters. The minimum absolute atomic E-state index is 1.12. The first-order valence-corrected chi connectivity index (χ1v) is 6.88. The third kappa shape index (κ3) is 1.27. The number of rotatable bonds is 1. The molecular weight excluding hydrogens is 242 g/mol. The molecule has 0 amide bonds. The Bertz CT molecular complexity index is 1020. The van der Waals surface area contributed by atoms with Crippen LogP contribution in [-0.4, -0.2) is 4.40 Å². The monoisotopic (exact) mass is 257 g/mol. The minimum atomic E-state index is 1.12. The highest BCUT2D eigenvalue weighted by atomic mass is 14.9. The van der Waals surface area contributed by atoms with E-state index in [-0.39, 0.29) is 0 Å². The highest BCUT2D eigenvalue weighted by molar-refractivity contribution is 6.05. The minimum Gasteiger partial charge on any atom is -0.308 e. The van der Waals surface area contributed by atoms with E-state index in [2.05, 4.69) is 78.6 Å². The highest BCUT2D eigenvalue weighted by Crippen LogP contribution is 2.30. The van der Waals surface area contributed by atoms with E-state index in [4.69, 9.17) is 0 Å². The first kappa shape index (κ1) is 11.3. The van der Waals surface area contributed by atoms with Crippen LogP contribution in [0.25, 0.3) is 40.0 Å². The lowest BCUT2D eigenvalue weighted by molar-refractivity contribution is 1.36. The van der Waals surface area contributed by atoms with E-state index in [0.717, 1.165) is 5.22 Å². The molecule has 1 heteroatoms. The number of hydrogen-bond donors (Lipinski definition) is 0. The largest absolute Gasteiger partial charge is 0.308 e. The molecule has 0 unspecified atom stereocenters. The Morgan fingerprint density at radius 2 is 1.50 bits per heavy atom. The smallest absolute Gasteiger partial charge is 0.0614 e. The number of nitrogens with zero attached hydrogens (tertiary/aromatic N) is 1. The van der Waals surface area contributed by atoms with Gasteiger partial charge in [0.2, 0.25) is 0 Å². The van der Waals surface area contributed by atoms with E-state index in [1.807, 2.05) is 0 Å². The maximum atomic E-state index is 4.32. The highest BCUT2D eigenvalue weighted by Gasteiger charge is 2.14. The fourth-order valence-corrected chi connectivity index (χ4v) is 3.20. The van der Waals surface area contributed by atoms with Gasteiger partial charge in [0.15, 0.2) is 0 Å². The number of allylic oxidation sites excluding steroid dienone is 1. The molecule has 4 aromatic rings. The van der Waals surface area contributed by atoms with Crippen LogP contribution in [-0.2, 0) is 0 Å². The van der Waals surface area contributed by atoms with E-state index in [1.54, 1.807) is 0 Å². The molecule has 0 saturated heterocycles. The van der Waals surface area contributed by atoms with Gasteiger partial charge in [0, 0.05) is 21.6 Å². The Balaban J connectivity index is 2.43. The summed E-state index contributed by atoms with van der Waals surface area (Å²) >= 11 is 0. The van der Waals surface area contributed by atoms with Gasteiger partial charge in [0.1, 0.15) is 0 Å². The summed E-state index contributed by atoms with van der Waals surface area (Å²) in [5.74, 6) is 0. The Kier molecular flexibility index (Phi) is 2.25. The van der Waals surface area contributed by atoms with Gasteiger partial charge >= 0.3 is 0 Å². The van der Waals surface area contributed by atoms with E-state index in [1.165, 1.54) is 32.9 Å². The molecule has 0 aliphatic heterocycles. The summed E-state index contributed by atoms with van der Waals surface area (Å²) in [7, 11) is 0. The van der Waals surface area contributed by atoms with Crippen LogP contribution in [0.3, 0.4) is 0 Å². The maximum Gasteiger partial charge on any atom is 0.0614 e. The van der Waals surface area contributed by atoms with Gasteiger partial charge in [-0.1, -0.05) is 55.1 Å². The van der Waals surface area contributed by atoms with Crippen molar-refractivity contribution in [2.45, 2.75) is 6.92 Å². The first-order chi connectivity index (χ1) is 9.83. The Morgan fingerprint density at radius 3 is 2.20 bits per heavy atom. The standard InChI is InChI=1S/C19H15N/c1-3-8-16-15-10-5-7-12-18(15)20-17-11-6-4-9-14(17)13(2)19(16)20/h3-12H,2H2,1H3/b8-3-. The van der Waals surface area contributed by atoms with Crippen LogP contribution in [0.1, 0.15) is 12.5 Å². The molecule has 2 aromatic heterocycles. The van der Waals surface area contributed by atoms with Crippen molar-refractivity contribution >= 4 is 40.0 Å². The lowest BCUT2D eigenvalue weighted by Crippen LogP contribution is -1.94. The van der Waals surface area contributed by atoms with E-state index in [0.29, 0.717) is 0 Å². The second-order valence-electron chi connectivity index (χ2n) is 5.11. The van der Waals surface area contributed by atoms with Crippen LogP contribution in [0.5, 0.6) is 0 Å². The average Bonchev–Trinajstić information content (AvgIpc) is 2.96. The Hall–Kier alpha value is -2.54. The molecule has 0 aliphatic carbocycles. The summed E-state index contributed by atoms with van der Waals surface area (Å²) in [5, 5.41) is 3.64. The van der Waals surface area contributed by atoms with Crippen molar-refractivity contribution in [1.29, 1.82) is 0 Å². The van der Waals surface area contributed by atoms with Crippen LogP contribution >= 0.6 is 0 Å². The van der Waals surface area contributed by atoms with Crippen molar-refractivity contribution in [1.82, 2.24) is 4.40 Å². The van der Waals surface area contributed by atoms with E-state index < -0.39 is 0 Å². The SMILES string of the molecule is C=c1c2ccccc2n2c1c(/C=C\C)c1ccccc12. The number of fused-ring (bicyclic) bond motifs is 5. The third-order valence-electron chi connectivity index (χ3n) is 4.00. The normalized spacial score (nSPS) is 12.2. The van der Waals surface area contributed by atoms with Gasteiger partial charge in [0.05, 0.1) is 16.6 Å². The Labute approximate surface area is 117 Å². The molecule has 2 aromatic carbocycles. The second kappa shape index (κ2) is 3.97. The summed E-state index contributed by atoms with van der Waals surface area (Å²) in [6.07, 6.45) is 4.28. The summed E-state index contributed by atoms with van der Waals surface area (Å²) in [5.41, 5.74) is 4.98. The van der Waals surface area contributed by atoms with Gasteiger partial charge in [-0.2, -0.15) is 0 Å². The van der Waals surface area contributed by atoms with Gasteiger partial charge in [-0.25, -0.2) is 0 Å². The molecule has 2 heterocycles. The first-order valence-electron chi connectivity index (χ1n) is 6.88. The van der Waals surface area contributed by atoms with Crippen molar-refractivity contribution in [3.05, 3.63) is 65.4 Å². The van der Waals surface area contributed by atoms with E-state index >= 15 is 0 Å². The molecule has 0 spiro atoms. The van der Waals surface area contributed by atoms with Crippen LogP contribution in [0.15, 0.2) is 54.6 Å². The van der Waals surface area contributed by atoms with Crippen molar-refractivity contribution in [2.75, 3.05) is 0 Å². The molecule has 0 fully saturated rings. The van der Waals surface area contributed by atoms with E-state index in [9.17, 15) is 0 Å². The van der Waals surface area contributed by atoms with Gasteiger partial charge in [-0.15, -0.1) is 0 Å². The lowest BCUT2D eigenvalue weighted by Gasteiger charge is -1.95. The zero-order valence-electron chi connectivity index (χ0n) is 11.4. The van der Waals surface area contributed by atoms with Crippen molar-refractivity contribution in [3.8, 4) is 0 Å². The number of para-hydroxylation sites is 2. The maximum absolute atomic E-state index is 4.32. The predicted octanol–water partition coefficient (Wildman–Crippen LogP) is 4.41. The van der Waals surface area contributed by atoms with Crippen molar-refractivity contribution in [2.24, 2.45) is 0 Å². The topological polar surface area (TPSA) is 4.41 Å². The summed E-state index contributed by atoms with van der Waals surface area (Å²) in [6.45, 7) is 6.38. The van der Waals surface area contributed by atoms with Gasteiger partial charge in [0.25, 0.3) is 0 Å². The zero-order valence-corrected chi connectivity index (χ0v) is 11.4. The average molecular weight is 257 g/mol. The molecular formula is C19H15N. The molecule has 1 nitrogen and oxygen atoms in total. The zero-order chi connectivity index (χ0) is 13.7. The lowest BCUT2D eigenvalue weighted by atomic mass is 10.1. The van der Waals surface area contributed by atoms with Gasteiger partial charge in [-0.3, -0.25) is 0 Å². The van der Waals surface area contributed by atoms with Crippen LogP contribution < -0.4 is 5.22 Å². The predicted molar refractivity (Wildman–Crippen MR) is 87.9 cm³/mol. The number of aromatic nitrogens is 1. The molecule has 0 saturated carbocycles. The fraction of sp³-hybridized carbons (Fsp3) is 0.0526. The fourth-order valence-electron chi connectivity index (χ4n) is 3.20. The number of hydrogen-bond acceptors (Lipinski definition) is 0.